The fourth-order valence-electron chi connectivity index (χ4n) is 1.55. The van der Waals surface area contributed by atoms with E-state index in [1.165, 1.54) is 30.5 Å². The van der Waals surface area contributed by atoms with Gasteiger partial charge >= 0.3 is 5.97 Å². The van der Waals surface area contributed by atoms with Crippen molar-refractivity contribution in [3.63, 3.8) is 0 Å². The molecule has 0 unspecified atom stereocenters. The standard InChI is InChI=1S/C14H10BrNO4/c15-9-1-3-12(17)8(5-9)7-16-10-2-4-13(18)11(6-10)14(19)20/h1-7,17-18H,(H,19,20). The summed E-state index contributed by atoms with van der Waals surface area (Å²) >= 11 is 3.28. The highest BCUT2D eigenvalue weighted by Gasteiger charge is 2.09. The maximum atomic E-state index is 10.9. The molecule has 20 heavy (non-hydrogen) atoms. The van der Waals surface area contributed by atoms with Crippen LogP contribution >= 0.6 is 15.9 Å². The first-order chi connectivity index (χ1) is 9.47. The molecule has 5 nitrogen and oxygen atoms in total. The van der Waals surface area contributed by atoms with Crippen LogP contribution in [0.3, 0.4) is 0 Å². The Morgan fingerprint density at radius 3 is 2.50 bits per heavy atom. The van der Waals surface area contributed by atoms with Gasteiger partial charge in [-0.05, 0) is 36.4 Å². The van der Waals surface area contributed by atoms with Crippen LogP contribution in [-0.4, -0.2) is 27.5 Å². The molecule has 0 spiro atoms. The van der Waals surface area contributed by atoms with Gasteiger partial charge in [0.25, 0.3) is 0 Å². The van der Waals surface area contributed by atoms with E-state index in [2.05, 4.69) is 20.9 Å². The molecule has 0 fully saturated rings. The van der Waals surface area contributed by atoms with Crippen LogP contribution in [0.1, 0.15) is 15.9 Å². The van der Waals surface area contributed by atoms with Gasteiger partial charge < -0.3 is 15.3 Å². The lowest BCUT2D eigenvalue weighted by Gasteiger charge is -2.01. The van der Waals surface area contributed by atoms with Gasteiger partial charge in [0.05, 0.1) is 5.69 Å². The molecule has 102 valence electrons. The number of phenols is 2. The Kier molecular flexibility index (Phi) is 4.05. The molecule has 0 radical (unpaired) electrons. The molecule has 0 saturated heterocycles. The van der Waals surface area contributed by atoms with Crippen molar-refractivity contribution in [2.75, 3.05) is 0 Å². The van der Waals surface area contributed by atoms with Gasteiger partial charge in [-0.15, -0.1) is 0 Å². The zero-order valence-electron chi connectivity index (χ0n) is 10.1. The predicted octanol–water partition coefficient (Wildman–Crippen LogP) is 3.31. The Morgan fingerprint density at radius 2 is 1.80 bits per heavy atom. The van der Waals surface area contributed by atoms with E-state index in [4.69, 9.17) is 5.11 Å². The van der Waals surface area contributed by atoms with Crippen LogP contribution in [0.15, 0.2) is 45.9 Å². The van der Waals surface area contributed by atoms with Crippen LogP contribution in [0.2, 0.25) is 0 Å². The van der Waals surface area contributed by atoms with E-state index in [9.17, 15) is 15.0 Å². The average molecular weight is 336 g/mol. The van der Waals surface area contributed by atoms with Crippen molar-refractivity contribution in [3.05, 3.63) is 52.0 Å². The highest BCUT2D eigenvalue weighted by molar-refractivity contribution is 9.10. The number of rotatable bonds is 3. The van der Waals surface area contributed by atoms with Gasteiger partial charge in [-0.3, -0.25) is 4.99 Å². The van der Waals surface area contributed by atoms with Crippen molar-refractivity contribution in [1.29, 1.82) is 0 Å². The van der Waals surface area contributed by atoms with Gasteiger partial charge in [0.1, 0.15) is 17.1 Å². The van der Waals surface area contributed by atoms with Crippen LogP contribution in [0, 0.1) is 0 Å². The normalized spacial score (nSPS) is 10.8. The van der Waals surface area contributed by atoms with E-state index in [-0.39, 0.29) is 17.1 Å². The fourth-order valence-corrected chi connectivity index (χ4v) is 1.93. The van der Waals surface area contributed by atoms with Crippen LogP contribution < -0.4 is 0 Å². The highest BCUT2D eigenvalue weighted by atomic mass is 79.9. The van der Waals surface area contributed by atoms with Gasteiger partial charge in [-0.1, -0.05) is 15.9 Å². The number of carboxylic acids is 1. The molecule has 0 saturated carbocycles. The zero-order chi connectivity index (χ0) is 14.7. The maximum absolute atomic E-state index is 10.9. The average Bonchev–Trinajstić information content (AvgIpc) is 2.41. The number of aromatic hydroxyl groups is 2. The van der Waals surface area contributed by atoms with Crippen molar-refractivity contribution in [3.8, 4) is 11.5 Å². The number of nitrogens with zero attached hydrogens (tertiary/aromatic N) is 1. The molecule has 0 aliphatic rings. The van der Waals surface area contributed by atoms with Crippen molar-refractivity contribution in [2.24, 2.45) is 4.99 Å². The Hall–Kier alpha value is -2.34. The lowest BCUT2D eigenvalue weighted by atomic mass is 10.2. The van der Waals surface area contributed by atoms with Crippen molar-refractivity contribution >= 4 is 33.8 Å². The quantitative estimate of drug-likeness (QED) is 0.750. The molecular formula is C14H10BrNO4. The van der Waals surface area contributed by atoms with Crippen LogP contribution in [0.4, 0.5) is 5.69 Å². The summed E-state index contributed by atoms with van der Waals surface area (Å²) in [5, 5.41) is 27.9. The molecule has 3 N–H and O–H groups in total. The van der Waals surface area contributed by atoms with Gasteiger partial charge in [0, 0.05) is 16.3 Å². The summed E-state index contributed by atoms with van der Waals surface area (Å²) < 4.78 is 0.786. The minimum Gasteiger partial charge on any atom is -0.507 e. The Labute approximate surface area is 123 Å². The Morgan fingerprint density at radius 1 is 1.10 bits per heavy atom. The number of halogens is 1. The van der Waals surface area contributed by atoms with Gasteiger partial charge in [0.2, 0.25) is 0 Å². The third kappa shape index (κ3) is 3.16. The van der Waals surface area contributed by atoms with Crippen LogP contribution in [0.25, 0.3) is 0 Å². The van der Waals surface area contributed by atoms with Crippen molar-refractivity contribution in [2.45, 2.75) is 0 Å². The Bertz CT molecular complexity index is 698. The molecule has 0 aliphatic heterocycles. The second-order valence-electron chi connectivity index (χ2n) is 3.97. The molecule has 6 heteroatoms. The number of carbonyl (C=O) groups is 1. The summed E-state index contributed by atoms with van der Waals surface area (Å²) in [6, 6.07) is 8.88. The zero-order valence-corrected chi connectivity index (χ0v) is 11.7. The van der Waals surface area contributed by atoms with E-state index >= 15 is 0 Å². The van der Waals surface area contributed by atoms with E-state index in [0.717, 1.165) is 4.47 Å². The number of carboxylic acid groups (broad SMARTS) is 1. The summed E-state index contributed by atoms with van der Waals surface area (Å²) in [6.07, 6.45) is 1.41. The second-order valence-corrected chi connectivity index (χ2v) is 4.88. The predicted molar refractivity (Wildman–Crippen MR) is 78.1 cm³/mol. The summed E-state index contributed by atoms with van der Waals surface area (Å²) in [7, 11) is 0. The van der Waals surface area contributed by atoms with E-state index in [1.54, 1.807) is 12.1 Å². The minimum absolute atomic E-state index is 0.0641. The first-order valence-corrected chi connectivity index (χ1v) is 6.35. The topological polar surface area (TPSA) is 90.1 Å². The lowest BCUT2D eigenvalue weighted by Crippen LogP contribution is -1.95. The van der Waals surface area contributed by atoms with E-state index in [0.29, 0.717) is 11.3 Å². The number of phenolic OH excluding ortho intramolecular Hbond substituents is 1. The molecule has 2 aromatic carbocycles. The monoisotopic (exact) mass is 335 g/mol. The van der Waals surface area contributed by atoms with Gasteiger partial charge in [-0.25, -0.2) is 4.79 Å². The molecule has 0 amide bonds. The summed E-state index contributed by atoms with van der Waals surface area (Å²) in [5.41, 5.74) is 0.627. The smallest absolute Gasteiger partial charge is 0.339 e. The first kappa shape index (κ1) is 14.1. The molecule has 2 aromatic rings. The number of hydrogen-bond acceptors (Lipinski definition) is 4. The number of aliphatic imine (C=N–C) groups is 1. The molecule has 0 aromatic heterocycles. The summed E-state index contributed by atoms with van der Waals surface area (Å²) in [6.45, 7) is 0. The highest BCUT2D eigenvalue weighted by Crippen LogP contribution is 2.25. The second kappa shape index (κ2) is 5.75. The number of aromatic carboxylic acids is 1. The van der Waals surface area contributed by atoms with Crippen molar-refractivity contribution in [1.82, 2.24) is 0 Å². The van der Waals surface area contributed by atoms with Gasteiger partial charge in [0.15, 0.2) is 0 Å². The van der Waals surface area contributed by atoms with Gasteiger partial charge in [-0.2, -0.15) is 0 Å². The number of hydrogen-bond donors (Lipinski definition) is 3. The molecular weight excluding hydrogens is 326 g/mol. The van der Waals surface area contributed by atoms with E-state index < -0.39 is 5.97 Å². The minimum atomic E-state index is -1.23. The molecule has 0 heterocycles. The summed E-state index contributed by atoms with van der Waals surface area (Å²) in [5.74, 6) is -1.49. The first-order valence-electron chi connectivity index (χ1n) is 5.56. The van der Waals surface area contributed by atoms with Crippen molar-refractivity contribution < 1.29 is 20.1 Å². The fraction of sp³-hybridized carbons (Fsp3) is 0. The van der Waals surface area contributed by atoms with Crippen LogP contribution in [0.5, 0.6) is 11.5 Å². The Balaban J connectivity index is 2.34. The lowest BCUT2D eigenvalue weighted by molar-refractivity contribution is 0.0694. The maximum Gasteiger partial charge on any atom is 0.339 e. The molecule has 0 bridgehead atoms. The molecule has 0 atom stereocenters. The third-order valence-corrected chi connectivity index (χ3v) is 3.05. The molecule has 2 rings (SSSR count). The van der Waals surface area contributed by atoms with Crippen LogP contribution in [-0.2, 0) is 0 Å². The SMILES string of the molecule is O=C(O)c1cc(N=Cc2cc(Br)ccc2O)ccc1O. The summed E-state index contributed by atoms with van der Waals surface area (Å²) in [4.78, 5) is 15.0. The largest absolute Gasteiger partial charge is 0.507 e. The molecule has 0 aliphatic carbocycles. The number of benzene rings is 2. The van der Waals surface area contributed by atoms with E-state index in [1.807, 2.05) is 0 Å². The third-order valence-electron chi connectivity index (χ3n) is 2.55.